The maximum atomic E-state index is 12.2. The summed E-state index contributed by atoms with van der Waals surface area (Å²) in [6, 6.07) is 12.6. The normalized spacial score (nSPS) is 18.5. The molecule has 2 aromatic rings. The monoisotopic (exact) mass is 326 g/mol. The van der Waals surface area contributed by atoms with Crippen LogP contribution in [0.3, 0.4) is 0 Å². The van der Waals surface area contributed by atoms with E-state index in [1.165, 1.54) is 5.56 Å². The molecule has 1 aliphatic heterocycles. The first-order valence-electron chi connectivity index (χ1n) is 8.77. The molecule has 1 unspecified atom stereocenters. The summed E-state index contributed by atoms with van der Waals surface area (Å²) >= 11 is 0. The number of nitrogens with zero attached hydrogens (tertiary/aromatic N) is 3. The van der Waals surface area contributed by atoms with Crippen molar-refractivity contribution in [1.82, 2.24) is 20.0 Å². The van der Waals surface area contributed by atoms with Crippen molar-refractivity contribution < 1.29 is 4.79 Å². The fraction of sp³-hybridized carbons (Fsp3) is 0.474. The quantitative estimate of drug-likeness (QED) is 0.886. The maximum absolute atomic E-state index is 12.2. The number of likely N-dealkylation sites (tertiary alicyclic amines) is 1. The molecule has 128 valence electrons. The predicted octanol–water partition coefficient (Wildman–Crippen LogP) is 2.25. The van der Waals surface area contributed by atoms with Crippen LogP contribution in [0.2, 0.25) is 0 Å². The van der Waals surface area contributed by atoms with E-state index < -0.39 is 0 Å². The van der Waals surface area contributed by atoms with Crippen LogP contribution < -0.4 is 5.32 Å². The van der Waals surface area contributed by atoms with E-state index in [0.29, 0.717) is 5.69 Å². The van der Waals surface area contributed by atoms with Crippen LogP contribution in [0.5, 0.6) is 0 Å². The number of rotatable bonds is 6. The lowest BCUT2D eigenvalue weighted by Crippen LogP contribution is -2.48. The van der Waals surface area contributed by atoms with Crippen molar-refractivity contribution in [3.63, 3.8) is 0 Å². The number of hydrogen-bond acceptors (Lipinski definition) is 3. The molecule has 2 heterocycles. The molecular formula is C19H26N4O. The van der Waals surface area contributed by atoms with E-state index in [9.17, 15) is 4.79 Å². The van der Waals surface area contributed by atoms with E-state index >= 15 is 0 Å². The highest BCUT2D eigenvalue weighted by Crippen LogP contribution is 2.12. The van der Waals surface area contributed by atoms with Gasteiger partial charge in [0.05, 0.1) is 0 Å². The van der Waals surface area contributed by atoms with Crippen molar-refractivity contribution >= 4 is 5.91 Å². The Morgan fingerprint density at radius 3 is 2.88 bits per heavy atom. The van der Waals surface area contributed by atoms with Crippen molar-refractivity contribution in [1.29, 1.82) is 0 Å². The van der Waals surface area contributed by atoms with Gasteiger partial charge in [-0.3, -0.25) is 9.48 Å². The summed E-state index contributed by atoms with van der Waals surface area (Å²) in [6.45, 7) is 3.16. The lowest BCUT2D eigenvalue weighted by atomic mass is 10.0. The van der Waals surface area contributed by atoms with Crippen LogP contribution in [0.25, 0.3) is 0 Å². The Hall–Kier alpha value is -2.14. The average Bonchev–Trinajstić information content (AvgIpc) is 3.03. The van der Waals surface area contributed by atoms with Crippen LogP contribution in [-0.4, -0.2) is 46.3 Å². The van der Waals surface area contributed by atoms with Gasteiger partial charge in [-0.05, 0) is 50.4 Å². The summed E-state index contributed by atoms with van der Waals surface area (Å²) in [5.41, 5.74) is 1.90. The molecule has 0 aliphatic carbocycles. The van der Waals surface area contributed by atoms with Crippen molar-refractivity contribution in [2.45, 2.75) is 31.7 Å². The molecular weight excluding hydrogens is 300 g/mol. The Bertz CT molecular complexity index is 652. The maximum Gasteiger partial charge on any atom is 0.272 e. The summed E-state index contributed by atoms with van der Waals surface area (Å²) in [5.74, 6) is -0.0632. The third kappa shape index (κ3) is 4.68. The third-order valence-corrected chi connectivity index (χ3v) is 4.57. The summed E-state index contributed by atoms with van der Waals surface area (Å²) in [4.78, 5) is 14.7. The van der Waals surface area contributed by atoms with E-state index in [-0.39, 0.29) is 11.9 Å². The Morgan fingerprint density at radius 2 is 2.12 bits per heavy atom. The molecule has 1 atom stereocenters. The minimum atomic E-state index is -0.0632. The van der Waals surface area contributed by atoms with Gasteiger partial charge in [-0.1, -0.05) is 30.3 Å². The van der Waals surface area contributed by atoms with E-state index in [2.05, 4.69) is 45.6 Å². The van der Waals surface area contributed by atoms with Crippen molar-refractivity contribution in [3.05, 3.63) is 53.9 Å². The molecule has 5 nitrogen and oxygen atoms in total. The topological polar surface area (TPSA) is 50.2 Å². The molecule has 1 aromatic heterocycles. The smallest absolute Gasteiger partial charge is 0.272 e. The first-order valence-corrected chi connectivity index (χ1v) is 8.77. The first kappa shape index (κ1) is 16.7. The molecule has 1 fully saturated rings. The Labute approximate surface area is 143 Å². The van der Waals surface area contributed by atoms with Crippen LogP contribution in [0.15, 0.2) is 42.6 Å². The zero-order valence-electron chi connectivity index (χ0n) is 14.3. The third-order valence-electron chi connectivity index (χ3n) is 4.57. The van der Waals surface area contributed by atoms with Crippen LogP contribution in [0.4, 0.5) is 0 Å². The number of benzene rings is 1. The van der Waals surface area contributed by atoms with Gasteiger partial charge in [0.15, 0.2) is 0 Å². The van der Waals surface area contributed by atoms with Gasteiger partial charge in [0, 0.05) is 25.8 Å². The van der Waals surface area contributed by atoms with Gasteiger partial charge in [-0.2, -0.15) is 5.10 Å². The molecule has 5 heteroatoms. The molecule has 1 saturated heterocycles. The molecule has 1 aliphatic rings. The second-order valence-corrected chi connectivity index (χ2v) is 6.58. The van der Waals surface area contributed by atoms with E-state index in [4.69, 9.17) is 0 Å². The number of piperidine rings is 1. The Kier molecular flexibility index (Phi) is 5.64. The number of carbonyl (C=O) groups is 1. The van der Waals surface area contributed by atoms with E-state index in [0.717, 1.165) is 45.3 Å². The van der Waals surface area contributed by atoms with E-state index in [1.54, 1.807) is 16.9 Å². The second-order valence-electron chi connectivity index (χ2n) is 6.58. The number of aromatic nitrogens is 2. The molecule has 3 rings (SSSR count). The zero-order chi connectivity index (χ0) is 16.8. The number of hydrogen-bond donors (Lipinski definition) is 1. The number of amides is 1. The zero-order valence-corrected chi connectivity index (χ0v) is 14.3. The molecule has 1 amide bonds. The predicted molar refractivity (Wildman–Crippen MR) is 94.9 cm³/mol. The van der Waals surface area contributed by atoms with Gasteiger partial charge in [0.1, 0.15) is 5.69 Å². The molecule has 0 bridgehead atoms. The number of nitrogens with one attached hydrogen (secondary N) is 1. The summed E-state index contributed by atoms with van der Waals surface area (Å²) in [5, 5.41) is 7.30. The fourth-order valence-corrected chi connectivity index (χ4v) is 3.32. The van der Waals surface area contributed by atoms with Crippen LogP contribution in [0, 0.1) is 0 Å². The van der Waals surface area contributed by atoms with Gasteiger partial charge in [-0.15, -0.1) is 0 Å². The molecule has 1 aromatic carbocycles. The summed E-state index contributed by atoms with van der Waals surface area (Å²) in [6.07, 6.45) is 6.26. The van der Waals surface area contributed by atoms with Crippen LogP contribution >= 0.6 is 0 Å². The fourth-order valence-electron chi connectivity index (χ4n) is 3.32. The number of aryl methyl sites for hydroxylation is 2. The summed E-state index contributed by atoms with van der Waals surface area (Å²) < 4.78 is 1.66. The van der Waals surface area contributed by atoms with Crippen molar-refractivity contribution in [2.24, 2.45) is 7.05 Å². The highest BCUT2D eigenvalue weighted by atomic mass is 16.2. The molecule has 0 spiro atoms. The van der Waals surface area contributed by atoms with Gasteiger partial charge in [0.25, 0.3) is 5.91 Å². The molecule has 0 radical (unpaired) electrons. The van der Waals surface area contributed by atoms with Gasteiger partial charge in [0.2, 0.25) is 0 Å². The molecule has 1 N–H and O–H groups in total. The Morgan fingerprint density at radius 1 is 1.29 bits per heavy atom. The van der Waals surface area contributed by atoms with Crippen LogP contribution in [0.1, 0.15) is 35.3 Å². The Balaban J connectivity index is 1.43. The van der Waals surface area contributed by atoms with Gasteiger partial charge < -0.3 is 10.2 Å². The minimum absolute atomic E-state index is 0.0632. The first-order chi connectivity index (χ1) is 11.7. The highest BCUT2D eigenvalue weighted by Gasteiger charge is 2.22. The lowest BCUT2D eigenvalue weighted by molar-refractivity contribution is 0.0897. The SMILES string of the molecule is Cn1ccc(C(=O)NC2CCCN(CCCc3ccccc3)C2)n1. The average molecular weight is 326 g/mol. The lowest BCUT2D eigenvalue weighted by Gasteiger charge is -2.33. The van der Waals surface area contributed by atoms with Crippen molar-refractivity contribution in [3.8, 4) is 0 Å². The standard InChI is InChI=1S/C19H26N4O/c1-22-14-11-18(21-22)19(24)20-17-10-6-13-23(15-17)12-5-9-16-7-3-2-4-8-16/h2-4,7-8,11,14,17H,5-6,9-10,12-13,15H2,1H3,(H,20,24). The number of carbonyl (C=O) groups excluding carboxylic acids is 1. The highest BCUT2D eigenvalue weighted by molar-refractivity contribution is 5.92. The second kappa shape index (κ2) is 8.11. The van der Waals surface area contributed by atoms with E-state index in [1.807, 2.05) is 7.05 Å². The summed E-state index contributed by atoms with van der Waals surface area (Å²) in [7, 11) is 1.83. The van der Waals surface area contributed by atoms with Gasteiger partial charge in [-0.25, -0.2) is 0 Å². The van der Waals surface area contributed by atoms with Crippen LogP contribution in [-0.2, 0) is 13.5 Å². The van der Waals surface area contributed by atoms with Gasteiger partial charge >= 0.3 is 0 Å². The molecule has 24 heavy (non-hydrogen) atoms. The minimum Gasteiger partial charge on any atom is -0.347 e. The molecule has 0 saturated carbocycles. The van der Waals surface area contributed by atoms with Crippen molar-refractivity contribution in [2.75, 3.05) is 19.6 Å². The largest absolute Gasteiger partial charge is 0.347 e.